The second-order valence-corrected chi connectivity index (χ2v) is 1.90. The molecule has 0 aliphatic carbocycles. The maximum absolute atomic E-state index is 6.87. The van der Waals surface area contributed by atoms with E-state index in [9.17, 15) is 0 Å². The Morgan fingerprint density at radius 1 is 1.70 bits per heavy atom. The van der Waals surface area contributed by atoms with Gasteiger partial charge in [0.1, 0.15) is 12.0 Å². The van der Waals surface area contributed by atoms with Gasteiger partial charge in [0.05, 0.1) is 6.20 Å². The van der Waals surface area contributed by atoms with Crippen LogP contribution in [0.3, 0.4) is 0 Å². The first-order valence-electron chi connectivity index (χ1n) is 2.84. The maximum atomic E-state index is 6.87. The molecule has 0 bridgehead atoms. The third-order valence-electron chi connectivity index (χ3n) is 1.26. The molecule has 50 valence electrons. The van der Waals surface area contributed by atoms with Crippen molar-refractivity contribution in [3.05, 3.63) is 24.2 Å². The van der Waals surface area contributed by atoms with Crippen LogP contribution in [0.4, 0.5) is 0 Å². The molecule has 0 aliphatic heterocycles. The number of fused-ring (bicyclic) bond motifs is 1. The molecule has 2 heterocycles. The van der Waals surface area contributed by atoms with Gasteiger partial charge in [0.2, 0.25) is 0 Å². The second-order valence-electron chi connectivity index (χ2n) is 1.90. The van der Waals surface area contributed by atoms with Gasteiger partial charge in [-0.1, -0.05) is 0 Å². The standard InChI is InChI=1S/C6H5N3O/c7-3-5-4-9-6(8-5)1-2-10-9/h1-4,7H. The second kappa shape index (κ2) is 1.70. The smallest absolute Gasteiger partial charge is 0.172 e. The Labute approximate surface area is 56.6 Å². The Hall–Kier alpha value is -1.58. The molecule has 0 fully saturated rings. The van der Waals surface area contributed by atoms with Crippen LogP contribution in [0, 0.1) is 5.41 Å². The lowest BCUT2D eigenvalue weighted by molar-refractivity contribution is 0.377. The lowest BCUT2D eigenvalue weighted by Gasteiger charge is -1.73. The van der Waals surface area contributed by atoms with Crippen molar-refractivity contribution in [3.63, 3.8) is 0 Å². The number of nitrogens with zero attached hydrogens (tertiary/aromatic N) is 2. The van der Waals surface area contributed by atoms with E-state index in [1.54, 1.807) is 18.5 Å². The van der Waals surface area contributed by atoms with Gasteiger partial charge < -0.3 is 9.93 Å². The number of hydrogen-bond acceptors (Lipinski definition) is 3. The van der Waals surface area contributed by atoms with Gasteiger partial charge in [-0.2, -0.15) is 4.57 Å². The fraction of sp³-hybridized carbons (Fsp3) is 0. The van der Waals surface area contributed by atoms with Crippen LogP contribution in [0.5, 0.6) is 0 Å². The van der Waals surface area contributed by atoms with Crippen LogP contribution in [-0.4, -0.2) is 15.8 Å². The van der Waals surface area contributed by atoms with Crippen molar-refractivity contribution in [2.24, 2.45) is 0 Å². The summed E-state index contributed by atoms with van der Waals surface area (Å²) in [6, 6.07) is 1.74. The molecule has 0 atom stereocenters. The third-order valence-corrected chi connectivity index (χ3v) is 1.26. The van der Waals surface area contributed by atoms with Crippen LogP contribution in [0.15, 0.2) is 23.0 Å². The summed E-state index contributed by atoms with van der Waals surface area (Å²) in [5, 5.41) is 6.87. The van der Waals surface area contributed by atoms with Crippen LogP contribution in [0.2, 0.25) is 0 Å². The first kappa shape index (κ1) is 5.22. The van der Waals surface area contributed by atoms with E-state index in [1.807, 2.05) is 0 Å². The summed E-state index contributed by atoms with van der Waals surface area (Å²) in [6.45, 7) is 0. The molecule has 0 radical (unpaired) electrons. The Balaban J connectivity index is 2.78. The summed E-state index contributed by atoms with van der Waals surface area (Å²) in [4.78, 5) is 4.02. The number of nitrogens with one attached hydrogen (secondary N) is 1. The SMILES string of the molecule is N=Cc1cn2occc2n1. The van der Waals surface area contributed by atoms with Gasteiger partial charge in [0.25, 0.3) is 0 Å². The van der Waals surface area contributed by atoms with Gasteiger partial charge >= 0.3 is 0 Å². The molecule has 0 spiro atoms. The number of aromatic nitrogens is 2. The van der Waals surface area contributed by atoms with Crippen molar-refractivity contribution >= 4 is 11.9 Å². The summed E-state index contributed by atoms with van der Waals surface area (Å²) >= 11 is 0. The zero-order valence-electron chi connectivity index (χ0n) is 5.11. The molecule has 2 aromatic rings. The van der Waals surface area contributed by atoms with Crippen LogP contribution in [-0.2, 0) is 0 Å². The topological polar surface area (TPSA) is 54.3 Å². The van der Waals surface area contributed by atoms with Crippen molar-refractivity contribution in [1.82, 2.24) is 9.56 Å². The molecular formula is C6H5N3O. The fourth-order valence-electron chi connectivity index (χ4n) is 0.818. The Bertz CT molecular complexity index is 331. The Morgan fingerprint density at radius 3 is 3.30 bits per heavy atom. The normalized spacial score (nSPS) is 10.4. The van der Waals surface area contributed by atoms with E-state index >= 15 is 0 Å². The molecular weight excluding hydrogens is 130 g/mol. The minimum absolute atomic E-state index is 0.611. The highest BCUT2D eigenvalue weighted by molar-refractivity contribution is 5.75. The van der Waals surface area contributed by atoms with Crippen LogP contribution < -0.4 is 0 Å². The van der Waals surface area contributed by atoms with Gasteiger partial charge in [-0.25, -0.2) is 4.98 Å². The highest BCUT2D eigenvalue weighted by Gasteiger charge is 1.98. The predicted octanol–water partition coefficient (Wildman–Crippen LogP) is 0.925. The van der Waals surface area contributed by atoms with E-state index in [2.05, 4.69) is 4.98 Å². The summed E-state index contributed by atoms with van der Waals surface area (Å²) < 4.78 is 6.47. The highest BCUT2D eigenvalue weighted by Crippen LogP contribution is 2.02. The maximum Gasteiger partial charge on any atom is 0.172 e. The van der Waals surface area contributed by atoms with Crippen molar-refractivity contribution < 1.29 is 4.52 Å². The zero-order chi connectivity index (χ0) is 6.97. The summed E-state index contributed by atoms with van der Waals surface area (Å²) in [5.74, 6) is 0. The first-order chi connectivity index (χ1) is 4.90. The van der Waals surface area contributed by atoms with E-state index in [0.717, 1.165) is 5.65 Å². The number of hydrogen-bond donors (Lipinski definition) is 1. The molecule has 0 aromatic carbocycles. The molecule has 0 saturated heterocycles. The van der Waals surface area contributed by atoms with E-state index < -0.39 is 0 Å². The highest BCUT2D eigenvalue weighted by atomic mass is 16.5. The van der Waals surface area contributed by atoms with Gasteiger partial charge in [0, 0.05) is 12.3 Å². The molecule has 2 rings (SSSR count). The Kier molecular flexibility index (Phi) is 0.887. The predicted molar refractivity (Wildman–Crippen MR) is 35.3 cm³/mol. The lowest BCUT2D eigenvalue weighted by atomic mass is 10.5. The average Bonchev–Trinajstić information content (AvgIpc) is 2.42. The number of rotatable bonds is 1. The first-order valence-corrected chi connectivity index (χ1v) is 2.84. The molecule has 0 aliphatic rings. The summed E-state index contributed by atoms with van der Waals surface area (Å²) in [5.41, 5.74) is 1.35. The van der Waals surface area contributed by atoms with Crippen LogP contribution in [0.25, 0.3) is 5.65 Å². The molecule has 4 nitrogen and oxygen atoms in total. The van der Waals surface area contributed by atoms with Crippen molar-refractivity contribution in [2.75, 3.05) is 0 Å². The van der Waals surface area contributed by atoms with Gasteiger partial charge in [-0.05, 0) is 0 Å². The zero-order valence-corrected chi connectivity index (χ0v) is 5.11. The quantitative estimate of drug-likeness (QED) is 0.591. The van der Waals surface area contributed by atoms with E-state index in [0.29, 0.717) is 5.69 Å². The summed E-state index contributed by atoms with van der Waals surface area (Å²) in [6.07, 6.45) is 4.39. The minimum Gasteiger partial charge on any atom is -0.381 e. The summed E-state index contributed by atoms with van der Waals surface area (Å²) in [7, 11) is 0. The molecule has 0 amide bonds. The van der Waals surface area contributed by atoms with E-state index in [1.165, 1.54) is 10.8 Å². The lowest BCUT2D eigenvalue weighted by Crippen LogP contribution is -1.74. The number of imidazole rings is 1. The van der Waals surface area contributed by atoms with Gasteiger partial charge in [-0.15, -0.1) is 0 Å². The molecule has 1 N–H and O–H groups in total. The van der Waals surface area contributed by atoms with Crippen LogP contribution >= 0.6 is 0 Å². The average molecular weight is 135 g/mol. The van der Waals surface area contributed by atoms with E-state index in [4.69, 9.17) is 9.93 Å². The molecule has 0 saturated carbocycles. The van der Waals surface area contributed by atoms with E-state index in [-0.39, 0.29) is 0 Å². The van der Waals surface area contributed by atoms with Gasteiger partial charge in [0.15, 0.2) is 5.65 Å². The van der Waals surface area contributed by atoms with Crippen molar-refractivity contribution in [3.8, 4) is 0 Å². The molecule has 0 unspecified atom stereocenters. The Morgan fingerprint density at radius 2 is 2.60 bits per heavy atom. The largest absolute Gasteiger partial charge is 0.381 e. The monoisotopic (exact) mass is 135 g/mol. The minimum atomic E-state index is 0.611. The fourth-order valence-corrected chi connectivity index (χ4v) is 0.818. The molecule has 4 heteroatoms. The van der Waals surface area contributed by atoms with Crippen molar-refractivity contribution in [1.29, 1.82) is 5.41 Å². The van der Waals surface area contributed by atoms with Crippen molar-refractivity contribution in [2.45, 2.75) is 0 Å². The molecule has 2 aromatic heterocycles. The van der Waals surface area contributed by atoms with Gasteiger partial charge in [-0.3, -0.25) is 0 Å². The molecule has 10 heavy (non-hydrogen) atoms. The van der Waals surface area contributed by atoms with Crippen LogP contribution in [0.1, 0.15) is 5.69 Å². The third kappa shape index (κ3) is 0.556.